The van der Waals surface area contributed by atoms with Crippen LogP contribution in [0.5, 0.6) is 5.75 Å². The van der Waals surface area contributed by atoms with Gasteiger partial charge in [0.05, 0.1) is 31.4 Å². The zero-order chi connectivity index (χ0) is 20.0. The van der Waals surface area contributed by atoms with Crippen molar-refractivity contribution in [2.24, 2.45) is 11.3 Å². The Bertz CT molecular complexity index is 745. The number of carbonyl (C=O) groups is 1. The number of imidazole rings is 1. The zero-order valence-corrected chi connectivity index (χ0v) is 17.1. The van der Waals surface area contributed by atoms with Gasteiger partial charge in [0, 0.05) is 18.7 Å². The number of aromatic nitrogens is 2. The van der Waals surface area contributed by atoms with Gasteiger partial charge in [-0.1, -0.05) is 32.9 Å². The smallest absolute Gasteiger partial charge is 0.409 e. The minimum Gasteiger partial charge on any atom is -0.493 e. The minimum atomic E-state index is -0.182. The number of para-hydroxylation sites is 1. The van der Waals surface area contributed by atoms with Crippen molar-refractivity contribution >= 4 is 6.09 Å². The fourth-order valence-electron chi connectivity index (χ4n) is 3.33. The van der Waals surface area contributed by atoms with Gasteiger partial charge in [0.1, 0.15) is 5.75 Å². The average molecular weight is 386 g/mol. The Morgan fingerprint density at radius 3 is 2.68 bits per heavy atom. The molecule has 0 radical (unpaired) electrons. The Kier molecular flexibility index (Phi) is 6.60. The summed E-state index contributed by atoms with van der Waals surface area (Å²) in [4.78, 5) is 21.2. The van der Waals surface area contributed by atoms with Crippen molar-refractivity contribution in [2.75, 3.05) is 26.3 Å². The molecule has 1 amide bonds. The molecule has 6 nitrogen and oxygen atoms in total. The van der Waals surface area contributed by atoms with Gasteiger partial charge < -0.3 is 19.4 Å². The Hall–Kier alpha value is -2.50. The number of amides is 1. The summed E-state index contributed by atoms with van der Waals surface area (Å²) in [6.07, 6.45) is 6.27. The van der Waals surface area contributed by atoms with E-state index in [-0.39, 0.29) is 11.5 Å². The monoisotopic (exact) mass is 385 g/mol. The quantitative estimate of drug-likeness (QED) is 0.780. The molecule has 2 heterocycles. The van der Waals surface area contributed by atoms with Gasteiger partial charge in [-0.3, -0.25) is 0 Å². The molecule has 0 saturated carbocycles. The van der Waals surface area contributed by atoms with Gasteiger partial charge in [-0.05, 0) is 42.7 Å². The predicted octanol–water partition coefficient (Wildman–Crippen LogP) is 4.74. The highest BCUT2D eigenvalue weighted by Crippen LogP contribution is 2.29. The number of nitrogens with zero attached hydrogens (tertiary/aromatic N) is 2. The molecule has 0 aliphatic carbocycles. The van der Waals surface area contributed by atoms with E-state index in [4.69, 9.17) is 9.47 Å². The van der Waals surface area contributed by atoms with E-state index < -0.39 is 0 Å². The summed E-state index contributed by atoms with van der Waals surface area (Å²) in [5, 5.41) is 0. The van der Waals surface area contributed by atoms with Gasteiger partial charge in [-0.25, -0.2) is 9.78 Å². The number of rotatable bonds is 6. The molecule has 1 fully saturated rings. The SMILES string of the molecule is CC(C)(C)COC(=O)N1CCC(CCOc2ccccc2-c2cnc[nH]2)CC1. The van der Waals surface area contributed by atoms with Crippen LogP contribution in [0.1, 0.15) is 40.0 Å². The second kappa shape index (κ2) is 9.13. The molecular formula is C22H31N3O3. The van der Waals surface area contributed by atoms with Crippen LogP contribution in [0.3, 0.4) is 0 Å². The molecule has 28 heavy (non-hydrogen) atoms. The van der Waals surface area contributed by atoms with Crippen molar-refractivity contribution in [3.8, 4) is 17.0 Å². The van der Waals surface area contributed by atoms with Crippen molar-refractivity contribution < 1.29 is 14.3 Å². The summed E-state index contributed by atoms with van der Waals surface area (Å²) >= 11 is 0. The van der Waals surface area contributed by atoms with Gasteiger partial charge in [-0.2, -0.15) is 0 Å². The van der Waals surface area contributed by atoms with E-state index >= 15 is 0 Å². The fourth-order valence-corrected chi connectivity index (χ4v) is 3.33. The van der Waals surface area contributed by atoms with Gasteiger partial charge in [0.2, 0.25) is 0 Å². The van der Waals surface area contributed by atoms with Crippen molar-refractivity contribution in [3.05, 3.63) is 36.8 Å². The summed E-state index contributed by atoms with van der Waals surface area (Å²) in [6, 6.07) is 8.00. The first kappa shape index (κ1) is 20.2. The molecule has 0 atom stereocenters. The second-order valence-electron chi connectivity index (χ2n) is 8.64. The van der Waals surface area contributed by atoms with Crippen LogP contribution in [0, 0.1) is 11.3 Å². The molecule has 1 aromatic carbocycles. The van der Waals surface area contributed by atoms with Crippen LogP contribution < -0.4 is 4.74 Å². The Morgan fingerprint density at radius 2 is 2.00 bits per heavy atom. The molecule has 152 valence electrons. The van der Waals surface area contributed by atoms with Crippen molar-refractivity contribution in [2.45, 2.75) is 40.0 Å². The number of H-pyrrole nitrogens is 1. The number of nitrogens with one attached hydrogen (secondary N) is 1. The van der Waals surface area contributed by atoms with Gasteiger partial charge in [-0.15, -0.1) is 0 Å². The van der Waals surface area contributed by atoms with Crippen LogP contribution in [0.2, 0.25) is 0 Å². The highest BCUT2D eigenvalue weighted by molar-refractivity contribution is 5.67. The number of benzene rings is 1. The predicted molar refractivity (Wildman–Crippen MR) is 109 cm³/mol. The lowest BCUT2D eigenvalue weighted by molar-refractivity contribution is 0.0606. The van der Waals surface area contributed by atoms with Crippen molar-refractivity contribution in [3.63, 3.8) is 0 Å². The summed E-state index contributed by atoms with van der Waals surface area (Å²) in [6.45, 7) is 8.85. The largest absolute Gasteiger partial charge is 0.493 e. The molecule has 2 aromatic rings. The fraction of sp³-hybridized carbons (Fsp3) is 0.545. The van der Waals surface area contributed by atoms with Gasteiger partial charge in [0.15, 0.2) is 0 Å². The molecule has 1 aliphatic heterocycles. The maximum Gasteiger partial charge on any atom is 0.409 e. The third kappa shape index (κ3) is 5.75. The maximum atomic E-state index is 12.2. The summed E-state index contributed by atoms with van der Waals surface area (Å²) in [5.41, 5.74) is 1.98. The maximum absolute atomic E-state index is 12.2. The van der Waals surface area contributed by atoms with Crippen LogP contribution in [0.15, 0.2) is 36.8 Å². The van der Waals surface area contributed by atoms with Crippen LogP contribution in [0.4, 0.5) is 4.79 Å². The van der Waals surface area contributed by atoms with Crippen LogP contribution >= 0.6 is 0 Å². The number of hydrogen-bond acceptors (Lipinski definition) is 4. The number of piperidine rings is 1. The number of likely N-dealkylation sites (tertiary alicyclic amines) is 1. The third-order valence-corrected chi connectivity index (χ3v) is 4.96. The van der Waals surface area contributed by atoms with E-state index in [1.807, 2.05) is 29.2 Å². The Balaban J connectivity index is 1.41. The van der Waals surface area contributed by atoms with Crippen LogP contribution in [0.25, 0.3) is 11.3 Å². The first-order chi connectivity index (χ1) is 13.4. The number of ether oxygens (including phenoxy) is 2. The molecule has 0 spiro atoms. The lowest BCUT2D eigenvalue weighted by Crippen LogP contribution is -2.40. The molecule has 1 N–H and O–H groups in total. The second-order valence-corrected chi connectivity index (χ2v) is 8.64. The van der Waals surface area contributed by atoms with Gasteiger partial charge >= 0.3 is 6.09 Å². The van der Waals surface area contributed by atoms with Crippen LogP contribution in [-0.4, -0.2) is 47.3 Å². The Morgan fingerprint density at radius 1 is 1.25 bits per heavy atom. The molecule has 1 saturated heterocycles. The van der Waals surface area contributed by atoms with E-state index in [9.17, 15) is 4.79 Å². The number of aromatic amines is 1. The molecular weight excluding hydrogens is 354 g/mol. The van der Waals surface area contributed by atoms with E-state index in [1.54, 1.807) is 12.5 Å². The highest BCUT2D eigenvalue weighted by Gasteiger charge is 2.25. The first-order valence-corrected chi connectivity index (χ1v) is 10.0. The number of hydrogen-bond donors (Lipinski definition) is 1. The highest BCUT2D eigenvalue weighted by atomic mass is 16.6. The first-order valence-electron chi connectivity index (χ1n) is 10.0. The average Bonchev–Trinajstić information content (AvgIpc) is 3.21. The van der Waals surface area contributed by atoms with Crippen molar-refractivity contribution in [1.82, 2.24) is 14.9 Å². The van der Waals surface area contributed by atoms with Gasteiger partial charge in [0.25, 0.3) is 0 Å². The van der Waals surface area contributed by atoms with E-state index in [0.29, 0.717) is 19.1 Å². The summed E-state index contributed by atoms with van der Waals surface area (Å²) in [7, 11) is 0. The van der Waals surface area contributed by atoms with E-state index in [2.05, 4.69) is 30.7 Å². The third-order valence-electron chi connectivity index (χ3n) is 4.96. The summed E-state index contributed by atoms with van der Waals surface area (Å²) < 4.78 is 11.5. The molecule has 0 unspecified atom stereocenters. The van der Waals surface area contributed by atoms with Crippen LogP contribution in [-0.2, 0) is 4.74 Å². The standard InChI is InChI=1S/C22H31N3O3/c1-22(2,3)15-28-21(26)25-11-8-17(9-12-25)10-13-27-20-7-5-4-6-18(20)19-14-23-16-24-19/h4-7,14,16-17H,8-13,15H2,1-3H3,(H,23,24). The van der Waals surface area contributed by atoms with E-state index in [1.165, 1.54) is 0 Å². The molecule has 1 aliphatic rings. The molecule has 6 heteroatoms. The molecule has 3 rings (SSSR count). The number of carbonyl (C=O) groups excluding carboxylic acids is 1. The Labute approximate surface area is 167 Å². The zero-order valence-electron chi connectivity index (χ0n) is 17.1. The lowest BCUT2D eigenvalue weighted by Gasteiger charge is -2.32. The van der Waals surface area contributed by atoms with E-state index in [0.717, 1.165) is 49.4 Å². The lowest BCUT2D eigenvalue weighted by atomic mass is 9.94. The minimum absolute atomic E-state index is 0.00218. The van der Waals surface area contributed by atoms with Crippen molar-refractivity contribution in [1.29, 1.82) is 0 Å². The molecule has 0 bridgehead atoms. The topological polar surface area (TPSA) is 67.4 Å². The normalized spacial score (nSPS) is 15.5. The molecule has 1 aromatic heterocycles. The summed E-state index contributed by atoms with van der Waals surface area (Å²) in [5.74, 6) is 1.45.